The highest BCUT2D eigenvalue weighted by molar-refractivity contribution is 9.10. The number of rotatable bonds is 2. The van der Waals surface area contributed by atoms with Crippen LogP contribution in [0.25, 0.3) is 5.69 Å². The van der Waals surface area contributed by atoms with Crippen molar-refractivity contribution in [3.05, 3.63) is 44.0 Å². The van der Waals surface area contributed by atoms with Crippen molar-refractivity contribution in [2.24, 2.45) is 0 Å². The lowest BCUT2D eigenvalue weighted by atomic mass is 10.2. The lowest BCUT2D eigenvalue weighted by Gasteiger charge is -2.06. The number of nitro benzene ring substituents is 1. The number of aryl methyl sites for hydroxylation is 2. The summed E-state index contributed by atoms with van der Waals surface area (Å²) in [6.07, 6.45) is 1.66. The highest BCUT2D eigenvalue weighted by Crippen LogP contribution is 2.32. The van der Waals surface area contributed by atoms with Gasteiger partial charge in [-0.25, -0.2) is 4.68 Å². The molecule has 94 valence electrons. The van der Waals surface area contributed by atoms with E-state index < -0.39 is 4.92 Å². The first-order valence-electron chi connectivity index (χ1n) is 5.17. The molecule has 2 rings (SSSR count). The van der Waals surface area contributed by atoms with Crippen LogP contribution in [-0.2, 0) is 0 Å². The van der Waals surface area contributed by atoms with Gasteiger partial charge in [-0.3, -0.25) is 10.1 Å². The van der Waals surface area contributed by atoms with Crippen molar-refractivity contribution >= 4 is 27.4 Å². The molecule has 0 aliphatic rings. The van der Waals surface area contributed by atoms with Gasteiger partial charge in [0.2, 0.25) is 0 Å². The van der Waals surface area contributed by atoms with Crippen LogP contribution in [-0.4, -0.2) is 14.7 Å². The number of anilines is 1. The Morgan fingerprint density at radius 3 is 2.61 bits per heavy atom. The summed E-state index contributed by atoms with van der Waals surface area (Å²) in [4.78, 5) is 10.7. The Balaban J connectivity index is 2.73. The molecule has 0 saturated carbocycles. The number of nitrogens with zero attached hydrogens (tertiary/aromatic N) is 3. The third-order valence-corrected chi connectivity index (χ3v) is 3.15. The third-order valence-electron chi connectivity index (χ3n) is 2.55. The number of benzene rings is 1. The topological polar surface area (TPSA) is 87.0 Å². The van der Waals surface area contributed by atoms with Crippen molar-refractivity contribution < 1.29 is 4.92 Å². The standard InChI is InChI=1S/C11H11BrN4O2/c1-6-3-8(12)10(9(4-6)16(17)18)15-5-7(2)11(13)14-15/h3-5H,1-2H3,(H2,13,14). The summed E-state index contributed by atoms with van der Waals surface area (Å²) < 4.78 is 2.03. The third kappa shape index (κ3) is 2.08. The quantitative estimate of drug-likeness (QED) is 0.682. The molecule has 1 heterocycles. The smallest absolute Gasteiger partial charge is 0.296 e. The minimum absolute atomic E-state index is 0.00984. The van der Waals surface area contributed by atoms with E-state index in [1.807, 2.05) is 0 Å². The number of hydrogen-bond acceptors (Lipinski definition) is 4. The largest absolute Gasteiger partial charge is 0.382 e. The SMILES string of the molecule is Cc1cc(Br)c(-n2cc(C)c(N)n2)c([N+](=O)[O-])c1. The molecule has 1 aromatic heterocycles. The molecule has 1 aromatic carbocycles. The van der Waals surface area contributed by atoms with Gasteiger partial charge in [0.05, 0.1) is 9.40 Å². The van der Waals surface area contributed by atoms with Gasteiger partial charge in [-0.05, 0) is 41.4 Å². The Hall–Kier alpha value is -1.89. The molecule has 0 spiro atoms. The maximum atomic E-state index is 11.1. The van der Waals surface area contributed by atoms with E-state index in [9.17, 15) is 10.1 Å². The van der Waals surface area contributed by atoms with Crippen molar-refractivity contribution in [1.82, 2.24) is 9.78 Å². The molecule has 0 bridgehead atoms. The van der Waals surface area contributed by atoms with E-state index in [-0.39, 0.29) is 5.69 Å². The molecular weight excluding hydrogens is 300 g/mol. The summed E-state index contributed by atoms with van der Waals surface area (Å²) in [5.41, 5.74) is 7.61. The molecule has 2 N–H and O–H groups in total. The molecule has 0 amide bonds. The van der Waals surface area contributed by atoms with E-state index in [1.165, 1.54) is 10.7 Å². The molecule has 0 aliphatic heterocycles. The zero-order valence-corrected chi connectivity index (χ0v) is 11.4. The first-order chi connectivity index (χ1) is 8.40. The van der Waals surface area contributed by atoms with Crippen LogP contribution in [0, 0.1) is 24.0 Å². The van der Waals surface area contributed by atoms with Gasteiger partial charge in [0.1, 0.15) is 5.82 Å². The van der Waals surface area contributed by atoms with Gasteiger partial charge in [0, 0.05) is 17.8 Å². The molecule has 2 aromatic rings. The summed E-state index contributed by atoms with van der Waals surface area (Å²) in [7, 11) is 0. The van der Waals surface area contributed by atoms with Gasteiger partial charge in [-0.2, -0.15) is 5.10 Å². The Bertz CT molecular complexity index is 617. The fourth-order valence-corrected chi connectivity index (χ4v) is 2.42. The molecule has 0 saturated heterocycles. The zero-order valence-electron chi connectivity index (χ0n) is 9.85. The first-order valence-corrected chi connectivity index (χ1v) is 5.96. The second-order valence-corrected chi connectivity index (χ2v) is 4.87. The molecule has 7 heteroatoms. The van der Waals surface area contributed by atoms with Gasteiger partial charge >= 0.3 is 0 Å². The number of nitrogens with two attached hydrogens (primary N) is 1. The maximum absolute atomic E-state index is 11.1. The van der Waals surface area contributed by atoms with E-state index in [0.717, 1.165) is 11.1 Å². The molecular formula is C11H11BrN4O2. The van der Waals surface area contributed by atoms with Crippen LogP contribution in [0.3, 0.4) is 0 Å². The monoisotopic (exact) mass is 310 g/mol. The molecule has 0 aliphatic carbocycles. The fourth-order valence-electron chi connectivity index (χ4n) is 1.67. The highest BCUT2D eigenvalue weighted by atomic mass is 79.9. The van der Waals surface area contributed by atoms with Crippen molar-refractivity contribution in [3.8, 4) is 5.69 Å². The lowest BCUT2D eigenvalue weighted by molar-refractivity contribution is -0.384. The summed E-state index contributed by atoms with van der Waals surface area (Å²) in [5, 5.41) is 15.2. The van der Waals surface area contributed by atoms with E-state index in [4.69, 9.17) is 5.73 Å². The van der Waals surface area contributed by atoms with Gasteiger partial charge in [0.25, 0.3) is 5.69 Å². The summed E-state index contributed by atoms with van der Waals surface area (Å²) in [5.74, 6) is 0.358. The molecule has 0 radical (unpaired) electrons. The van der Waals surface area contributed by atoms with Crippen molar-refractivity contribution in [3.63, 3.8) is 0 Å². The van der Waals surface area contributed by atoms with Crippen molar-refractivity contribution in [2.45, 2.75) is 13.8 Å². The summed E-state index contributed by atoms with van der Waals surface area (Å²) >= 11 is 3.33. The molecule has 0 atom stereocenters. The van der Waals surface area contributed by atoms with Crippen LogP contribution < -0.4 is 5.73 Å². The van der Waals surface area contributed by atoms with Crippen LogP contribution in [0.2, 0.25) is 0 Å². The van der Waals surface area contributed by atoms with Gasteiger partial charge in [0.15, 0.2) is 5.69 Å². The second kappa shape index (κ2) is 4.41. The number of nitrogen functional groups attached to an aromatic ring is 1. The number of hydrogen-bond donors (Lipinski definition) is 1. The Labute approximate surface area is 112 Å². The summed E-state index contributed by atoms with van der Waals surface area (Å²) in [6, 6.07) is 3.31. The van der Waals surface area contributed by atoms with Gasteiger partial charge in [-0.15, -0.1) is 0 Å². The highest BCUT2D eigenvalue weighted by Gasteiger charge is 2.20. The van der Waals surface area contributed by atoms with Crippen LogP contribution in [0.5, 0.6) is 0 Å². The lowest BCUT2D eigenvalue weighted by Crippen LogP contribution is -2.03. The van der Waals surface area contributed by atoms with Crippen LogP contribution in [0.15, 0.2) is 22.8 Å². The fraction of sp³-hybridized carbons (Fsp3) is 0.182. The molecule has 6 nitrogen and oxygen atoms in total. The van der Waals surface area contributed by atoms with E-state index in [2.05, 4.69) is 21.0 Å². The second-order valence-electron chi connectivity index (χ2n) is 4.01. The average Bonchev–Trinajstić information content (AvgIpc) is 2.57. The van der Waals surface area contributed by atoms with E-state index in [0.29, 0.717) is 16.0 Å². The maximum Gasteiger partial charge on any atom is 0.296 e. The van der Waals surface area contributed by atoms with Gasteiger partial charge in [-0.1, -0.05) is 0 Å². The van der Waals surface area contributed by atoms with Crippen molar-refractivity contribution in [1.29, 1.82) is 0 Å². The van der Waals surface area contributed by atoms with Crippen molar-refractivity contribution in [2.75, 3.05) is 5.73 Å². The minimum Gasteiger partial charge on any atom is -0.382 e. The normalized spacial score (nSPS) is 10.6. The molecule has 0 unspecified atom stereocenters. The van der Waals surface area contributed by atoms with Crippen LogP contribution in [0.4, 0.5) is 11.5 Å². The zero-order chi connectivity index (χ0) is 13.4. The number of halogens is 1. The van der Waals surface area contributed by atoms with Crippen LogP contribution in [0.1, 0.15) is 11.1 Å². The van der Waals surface area contributed by atoms with E-state index in [1.54, 1.807) is 26.1 Å². The number of aromatic nitrogens is 2. The Morgan fingerprint density at radius 1 is 1.44 bits per heavy atom. The Morgan fingerprint density at radius 2 is 2.11 bits per heavy atom. The summed E-state index contributed by atoms with van der Waals surface area (Å²) in [6.45, 7) is 3.59. The average molecular weight is 311 g/mol. The van der Waals surface area contributed by atoms with Gasteiger partial charge < -0.3 is 5.73 Å². The Kier molecular flexibility index (Phi) is 3.08. The number of nitro groups is 1. The first kappa shape index (κ1) is 12.6. The minimum atomic E-state index is -0.430. The predicted molar refractivity (Wildman–Crippen MR) is 71.8 cm³/mol. The van der Waals surface area contributed by atoms with Crippen LogP contribution >= 0.6 is 15.9 Å². The molecule has 18 heavy (non-hydrogen) atoms. The molecule has 0 fully saturated rings. The van der Waals surface area contributed by atoms with E-state index >= 15 is 0 Å². The predicted octanol–water partition coefficient (Wildman–Crippen LogP) is 2.74.